The molecule has 0 radical (unpaired) electrons. The van der Waals surface area contributed by atoms with Crippen molar-refractivity contribution < 1.29 is 16.8 Å². The van der Waals surface area contributed by atoms with Crippen molar-refractivity contribution in [2.24, 2.45) is 0 Å². The first-order chi connectivity index (χ1) is 11.5. The Morgan fingerprint density at radius 2 is 1.92 bits per heavy atom. The fraction of sp³-hybridized carbons (Fsp3) is 0.750. The molecule has 0 amide bonds. The van der Waals surface area contributed by atoms with Crippen molar-refractivity contribution in [3.63, 3.8) is 0 Å². The molecular weight excluding hydrogens is 380 g/mol. The second kappa shape index (κ2) is 7.64. The van der Waals surface area contributed by atoms with Crippen LogP contribution in [0.15, 0.2) is 21.7 Å². The number of nitrogens with zero attached hydrogens (tertiary/aromatic N) is 1. The maximum absolute atomic E-state index is 12.9. The lowest BCUT2D eigenvalue weighted by Crippen LogP contribution is -2.54. The van der Waals surface area contributed by atoms with Crippen LogP contribution in [0.25, 0.3) is 0 Å². The second-order valence-corrected chi connectivity index (χ2v) is 12.6. The van der Waals surface area contributed by atoms with Crippen LogP contribution in [0.5, 0.6) is 0 Å². The first kappa shape index (κ1) is 20.8. The number of sulfone groups is 2. The van der Waals surface area contributed by atoms with Gasteiger partial charge in [-0.25, -0.2) is 16.8 Å². The zero-order valence-electron chi connectivity index (χ0n) is 15.2. The number of hydrogen-bond donors (Lipinski definition) is 1. The first-order valence-electron chi connectivity index (χ1n) is 8.49. The number of likely N-dealkylation sites (N-methyl/N-ethyl adjacent to an activating group) is 1. The van der Waals surface area contributed by atoms with Crippen LogP contribution in [-0.2, 0) is 19.7 Å². The average molecular weight is 409 g/mol. The number of rotatable bonds is 8. The molecule has 2 heterocycles. The fourth-order valence-electron chi connectivity index (χ4n) is 3.46. The highest BCUT2D eigenvalue weighted by Gasteiger charge is 2.46. The van der Waals surface area contributed by atoms with Crippen molar-refractivity contribution in [1.29, 1.82) is 0 Å². The third-order valence-corrected chi connectivity index (χ3v) is 10.5. The molecule has 0 aliphatic carbocycles. The topological polar surface area (TPSA) is 83.6 Å². The molecule has 2 atom stereocenters. The van der Waals surface area contributed by atoms with E-state index in [9.17, 15) is 16.8 Å². The van der Waals surface area contributed by atoms with Gasteiger partial charge in [0.2, 0.25) is 0 Å². The molecule has 25 heavy (non-hydrogen) atoms. The Kier molecular flexibility index (Phi) is 6.36. The highest BCUT2D eigenvalue weighted by molar-refractivity contribution is 7.97. The quantitative estimate of drug-likeness (QED) is 0.700. The SMILES string of the molecule is CCN(CC)C(C)(C)CN[C@H]1CS(=O)(=O)C[C@@H]1S(=O)(=O)c1cccs1. The van der Waals surface area contributed by atoms with Gasteiger partial charge in [-0.05, 0) is 38.4 Å². The standard InChI is InChI=1S/C16H28N2O4S3/c1-5-18(6-2)16(3,4)12-17-13-10-24(19,20)11-14(13)25(21,22)15-8-7-9-23-15/h7-9,13-14,17H,5-6,10-12H2,1-4H3/t13-,14-/m0/s1. The lowest BCUT2D eigenvalue weighted by atomic mass is 10.0. The highest BCUT2D eigenvalue weighted by Crippen LogP contribution is 2.29. The van der Waals surface area contributed by atoms with E-state index < -0.39 is 31.0 Å². The molecule has 0 bridgehead atoms. The van der Waals surface area contributed by atoms with Crippen molar-refractivity contribution in [3.05, 3.63) is 17.5 Å². The van der Waals surface area contributed by atoms with Gasteiger partial charge in [-0.15, -0.1) is 11.3 Å². The Morgan fingerprint density at radius 1 is 1.28 bits per heavy atom. The maximum Gasteiger partial charge on any atom is 0.193 e. The summed E-state index contributed by atoms with van der Waals surface area (Å²) in [5.41, 5.74) is -0.187. The van der Waals surface area contributed by atoms with Crippen LogP contribution in [0.2, 0.25) is 0 Å². The summed E-state index contributed by atoms with van der Waals surface area (Å²) in [5.74, 6) is -0.437. The van der Waals surface area contributed by atoms with Gasteiger partial charge in [-0.2, -0.15) is 0 Å². The van der Waals surface area contributed by atoms with Gasteiger partial charge in [0, 0.05) is 18.1 Å². The van der Waals surface area contributed by atoms with Crippen molar-refractivity contribution >= 4 is 31.0 Å². The molecule has 1 aliphatic rings. The average Bonchev–Trinajstić information content (AvgIpc) is 3.14. The van der Waals surface area contributed by atoms with Crippen LogP contribution in [0.3, 0.4) is 0 Å². The largest absolute Gasteiger partial charge is 0.310 e. The van der Waals surface area contributed by atoms with Gasteiger partial charge in [-0.1, -0.05) is 19.9 Å². The Balaban J connectivity index is 2.21. The van der Waals surface area contributed by atoms with Gasteiger partial charge in [0.05, 0.1) is 16.8 Å². The lowest BCUT2D eigenvalue weighted by molar-refractivity contribution is 0.130. The van der Waals surface area contributed by atoms with Crippen LogP contribution in [0.4, 0.5) is 0 Å². The zero-order valence-corrected chi connectivity index (χ0v) is 17.7. The predicted octanol–water partition coefficient (Wildman–Crippen LogP) is 1.40. The van der Waals surface area contributed by atoms with Gasteiger partial charge in [0.15, 0.2) is 19.7 Å². The molecule has 144 valence electrons. The molecule has 0 aromatic carbocycles. The Labute approximate surface area is 155 Å². The summed E-state index contributed by atoms with van der Waals surface area (Å²) in [5, 5.41) is 4.02. The summed E-state index contributed by atoms with van der Waals surface area (Å²) in [6.07, 6.45) is 0. The van der Waals surface area contributed by atoms with E-state index in [1.54, 1.807) is 17.5 Å². The van der Waals surface area contributed by atoms with Crippen LogP contribution >= 0.6 is 11.3 Å². The molecule has 9 heteroatoms. The first-order valence-corrected chi connectivity index (χ1v) is 12.7. The summed E-state index contributed by atoms with van der Waals surface area (Å²) in [7, 11) is -7.02. The molecule has 2 rings (SSSR count). The molecule has 6 nitrogen and oxygen atoms in total. The molecule has 1 fully saturated rings. The summed E-state index contributed by atoms with van der Waals surface area (Å²) < 4.78 is 50.2. The Morgan fingerprint density at radius 3 is 2.44 bits per heavy atom. The van der Waals surface area contributed by atoms with Crippen molar-refractivity contribution in [1.82, 2.24) is 10.2 Å². The molecule has 0 spiro atoms. The minimum atomic E-state index is -3.65. The Bertz CT molecular complexity index is 766. The number of thiophene rings is 1. The minimum Gasteiger partial charge on any atom is -0.310 e. The van der Waals surface area contributed by atoms with Gasteiger partial charge < -0.3 is 5.32 Å². The van der Waals surface area contributed by atoms with E-state index in [-0.39, 0.29) is 21.3 Å². The second-order valence-electron chi connectivity index (χ2n) is 7.06. The fourth-order valence-corrected chi connectivity index (χ4v) is 9.40. The smallest absolute Gasteiger partial charge is 0.193 e. The third-order valence-electron chi connectivity index (χ3n) is 4.89. The van der Waals surface area contributed by atoms with Gasteiger partial charge in [-0.3, -0.25) is 4.90 Å². The van der Waals surface area contributed by atoms with Crippen molar-refractivity contribution in [3.8, 4) is 0 Å². The summed E-state index contributed by atoms with van der Waals surface area (Å²) in [4.78, 5) is 2.27. The summed E-state index contributed by atoms with van der Waals surface area (Å²) >= 11 is 1.14. The minimum absolute atomic E-state index is 0.128. The Hall–Kier alpha value is -0.480. The van der Waals surface area contributed by atoms with E-state index in [1.165, 1.54) is 0 Å². The third kappa shape index (κ3) is 4.63. The monoisotopic (exact) mass is 408 g/mol. The van der Waals surface area contributed by atoms with E-state index in [4.69, 9.17) is 0 Å². The summed E-state index contributed by atoms with van der Waals surface area (Å²) in [6.45, 7) is 10.6. The normalized spacial score (nSPS) is 24.0. The maximum atomic E-state index is 12.9. The van der Waals surface area contributed by atoms with E-state index in [0.29, 0.717) is 6.54 Å². The van der Waals surface area contributed by atoms with E-state index >= 15 is 0 Å². The van der Waals surface area contributed by atoms with Crippen LogP contribution in [0.1, 0.15) is 27.7 Å². The van der Waals surface area contributed by atoms with E-state index in [0.717, 1.165) is 24.4 Å². The van der Waals surface area contributed by atoms with Crippen LogP contribution < -0.4 is 5.32 Å². The van der Waals surface area contributed by atoms with Crippen molar-refractivity contribution in [2.45, 2.75) is 48.7 Å². The van der Waals surface area contributed by atoms with E-state index in [1.807, 2.05) is 0 Å². The summed E-state index contributed by atoms with van der Waals surface area (Å²) in [6, 6.07) is 2.64. The van der Waals surface area contributed by atoms with Gasteiger partial charge in [0.25, 0.3) is 0 Å². The van der Waals surface area contributed by atoms with Crippen molar-refractivity contribution in [2.75, 3.05) is 31.1 Å². The predicted molar refractivity (Wildman–Crippen MR) is 103 cm³/mol. The van der Waals surface area contributed by atoms with Crippen LogP contribution in [-0.4, -0.2) is 69.7 Å². The lowest BCUT2D eigenvalue weighted by Gasteiger charge is -2.38. The van der Waals surface area contributed by atoms with E-state index in [2.05, 4.69) is 37.9 Å². The van der Waals surface area contributed by atoms with Gasteiger partial charge >= 0.3 is 0 Å². The van der Waals surface area contributed by atoms with Crippen LogP contribution in [0, 0.1) is 0 Å². The molecule has 1 aromatic heterocycles. The molecule has 1 saturated heterocycles. The molecular formula is C16H28N2O4S3. The molecule has 0 unspecified atom stereocenters. The number of hydrogen-bond acceptors (Lipinski definition) is 7. The highest BCUT2D eigenvalue weighted by atomic mass is 32.2. The molecule has 0 saturated carbocycles. The van der Waals surface area contributed by atoms with Gasteiger partial charge in [0.1, 0.15) is 4.21 Å². The zero-order chi connectivity index (χ0) is 18.9. The molecule has 1 aliphatic heterocycles. The molecule has 1 aromatic rings. The molecule has 1 N–H and O–H groups in total. The number of nitrogens with one attached hydrogen (secondary N) is 1.